The Morgan fingerprint density at radius 1 is 0.862 bits per heavy atom. The number of methoxy groups -OCH3 is 3. The third-order valence-corrected chi connectivity index (χ3v) is 6.73. The van der Waals surface area contributed by atoms with E-state index in [0.717, 1.165) is 27.4 Å². The first kappa shape index (κ1) is 21.9. The molecule has 2 aromatic carbocycles. The zero-order chi connectivity index (χ0) is 21.2. The maximum atomic E-state index is 6.26. The molecule has 1 fully saturated rings. The summed E-state index contributed by atoms with van der Waals surface area (Å²) < 4.78 is 29.0. The van der Waals surface area contributed by atoms with Crippen molar-refractivity contribution in [2.24, 2.45) is 0 Å². The highest BCUT2D eigenvalue weighted by atomic mass is 32.2. The van der Waals surface area contributed by atoms with Crippen molar-refractivity contribution in [1.29, 1.82) is 0 Å². The van der Waals surface area contributed by atoms with E-state index in [9.17, 15) is 0 Å². The minimum atomic E-state index is -0.400. The van der Waals surface area contributed by atoms with Crippen molar-refractivity contribution < 1.29 is 23.5 Å². The molecule has 0 radical (unpaired) electrons. The molecule has 0 amide bonds. The van der Waals surface area contributed by atoms with Gasteiger partial charge in [-0.25, -0.2) is 0 Å². The smallest absolute Gasteiger partial charge is 0.495 e. The number of hydrogen-bond donors (Lipinski definition) is 0. The van der Waals surface area contributed by atoms with Crippen molar-refractivity contribution in [2.75, 3.05) is 21.3 Å². The van der Waals surface area contributed by atoms with E-state index >= 15 is 0 Å². The minimum absolute atomic E-state index is 0.377. The Morgan fingerprint density at radius 3 is 1.93 bits per heavy atom. The summed E-state index contributed by atoms with van der Waals surface area (Å²) in [6.45, 7) is 8.26. The molecule has 5 nitrogen and oxygen atoms in total. The van der Waals surface area contributed by atoms with E-state index in [1.54, 1.807) is 33.1 Å². The van der Waals surface area contributed by atoms with Crippen LogP contribution in [0.2, 0.25) is 0 Å². The highest BCUT2D eigenvalue weighted by molar-refractivity contribution is 7.98. The fourth-order valence-corrected chi connectivity index (χ4v) is 4.24. The summed E-state index contributed by atoms with van der Waals surface area (Å²) in [6.07, 6.45) is 0. The lowest BCUT2D eigenvalue weighted by molar-refractivity contribution is 0.00578. The van der Waals surface area contributed by atoms with E-state index in [2.05, 4.69) is 39.8 Å². The van der Waals surface area contributed by atoms with Crippen LogP contribution in [0.1, 0.15) is 33.3 Å². The van der Waals surface area contributed by atoms with Crippen LogP contribution in [0, 0.1) is 0 Å². The molecule has 1 saturated heterocycles. The van der Waals surface area contributed by atoms with E-state index in [4.69, 9.17) is 23.5 Å². The maximum Gasteiger partial charge on any atom is 0.495 e. The first-order chi connectivity index (χ1) is 13.7. The second kappa shape index (κ2) is 8.50. The van der Waals surface area contributed by atoms with Gasteiger partial charge in [0.25, 0.3) is 0 Å². The second-order valence-corrected chi connectivity index (χ2v) is 8.94. The van der Waals surface area contributed by atoms with Gasteiger partial charge in [-0.15, -0.1) is 11.8 Å². The largest absolute Gasteiger partial charge is 0.496 e. The zero-order valence-electron chi connectivity index (χ0n) is 18.2. The third kappa shape index (κ3) is 4.37. The summed E-state index contributed by atoms with van der Waals surface area (Å²) in [5, 5.41) is 0. The highest BCUT2D eigenvalue weighted by Crippen LogP contribution is 2.40. The van der Waals surface area contributed by atoms with Crippen LogP contribution in [0.3, 0.4) is 0 Å². The molecule has 0 N–H and O–H groups in total. The van der Waals surface area contributed by atoms with Crippen LogP contribution in [0.5, 0.6) is 17.2 Å². The lowest BCUT2D eigenvalue weighted by Gasteiger charge is -2.32. The van der Waals surface area contributed by atoms with Crippen LogP contribution in [-0.2, 0) is 15.1 Å². The van der Waals surface area contributed by atoms with Crippen LogP contribution < -0.4 is 19.7 Å². The average molecular weight is 416 g/mol. The summed E-state index contributed by atoms with van der Waals surface area (Å²) in [7, 11) is 4.54. The molecule has 0 aromatic heterocycles. The van der Waals surface area contributed by atoms with Crippen molar-refractivity contribution in [2.45, 2.75) is 49.5 Å². The van der Waals surface area contributed by atoms with Gasteiger partial charge < -0.3 is 23.5 Å². The molecular weight excluding hydrogens is 387 g/mol. The lowest BCUT2D eigenvalue weighted by atomic mass is 9.79. The van der Waals surface area contributed by atoms with E-state index in [0.29, 0.717) is 11.5 Å². The van der Waals surface area contributed by atoms with Gasteiger partial charge in [0, 0.05) is 28.3 Å². The summed E-state index contributed by atoms with van der Waals surface area (Å²) in [6, 6.07) is 11.9. The minimum Gasteiger partial charge on any atom is -0.496 e. The molecule has 0 aliphatic carbocycles. The highest BCUT2D eigenvalue weighted by Gasteiger charge is 2.52. The molecule has 29 heavy (non-hydrogen) atoms. The first-order valence-electron chi connectivity index (χ1n) is 9.58. The van der Waals surface area contributed by atoms with Crippen LogP contribution in [-0.4, -0.2) is 39.6 Å². The Morgan fingerprint density at radius 2 is 1.41 bits per heavy atom. The van der Waals surface area contributed by atoms with Gasteiger partial charge in [0.1, 0.15) is 17.2 Å². The van der Waals surface area contributed by atoms with Gasteiger partial charge in [0.15, 0.2) is 0 Å². The fourth-order valence-electron chi connectivity index (χ4n) is 3.15. The van der Waals surface area contributed by atoms with Crippen molar-refractivity contribution in [3.8, 4) is 17.2 Å². The van der Waals surface area contributed by atoms with Gasteiger partial charge in [0.2, 0.25) is 0 Å². The summed E-state index contributed by atoms with van der Waals surface area (Å²) in [5.41, 5.74) is 1.25. The molecule has 1 aliphatic rings. The molecule has 1 heterocycles. The SMILES string of the molecule is COc1cc(OC)c(CSc2ccccc2B2OC(C)(C)C(C)(C)O2)c(OC)c1. The maximum absolute atomic E-state index is 6.26. The molecular formula is C22H29BO5S. The van der Waals surface area contributed by atoms with Crippen molar-refractivity contribution in [1.82, 2.24) is 0 Å². The van der Waals surface area contributed by atoms with E-state index in [1.807, 2.05) is 24.3 Å². The molecule has 156 valence electrons. The number of rotatable bonds is 7. The first-order valence-corrected chi connectivity index (χ1v) is 10.6. The summed E-state index contributed by atoms with van der Waals surface area (Å²) >= 11 is 1.70. The topological polar surface area (TPSA) is 46.2 Å². The van der Waals surface area contributed by atoms with Gasteiger partial charge in [-0.2, -0.15) is 0 Å². The Kier molecular flexibility index (Phi) is 6.41. The second-order valence-electron chi connectivity index (χ2n) is 7.93. The number of thioether (sulfide) groups is 1. The lowest BCUT2D eigenvalue weighted by Crippen LogP contribution is -2.41. The molecule has 7 heteroatoms. The normalized spacial score (nSPS) is 17.3. The standard InChI is InChI=1S/C22H29BO5S/c1-21(2)22(3,4)28-23(27-21)17-10-8-9-11-20(17)29-14-16-18(25-6)12-15(24-5)13-19(16)26-7/h8-13H,14H2,1-7H3. The number of hydrogen-bond acceptors (Lipinski definition) is 6. The van der Waals surface area contributed by atoms with Crippen molar-refractivity contribution in [3.05, 3.63) is 42.0 Å². The molecule has 3 rings (SSSR count). The Bertz CT molecular complexity index is 827. The average Bonchev–Trinajstić information content (AvgIpc) is 2.92. The quantitative estimate of drug-likeness (QED) is 0.495. The van der Waals surface area contributed by atoms with E-state index < -0.39 is 7.12 Å². The predicted molar refractivity (Wildman–Crippen MR) is 118 cm³/mol. The molecule has 2 aromatic rings. The third-order valence-electron chi connectivity index (χ3n) is 5.62. The number of benzene rings is 2. The van der Waals surface area contributed by atoms with Gasteiger partial charge >= 0.3 is 7.12 Å². The van der Waals surface area contributed by atoms with Crippen molar-refractivity contribution in [3.63, 3.8) is 0 Å². The molecule has 1 aliphatic heterocycles. The van der Waals surface area contributed by atoms with Gasteiger partial charge in [-0.3, -0.25) is 0 Å². The van der Waals surface area contributed by atoms with Crippen LogP contribution in [0.4, 0.5) is 0 Å². The number of ether oxygens (including phenoxy) is 3. The molecule has 0 bridgehead atoms. The molecule has 0 saturated carbocycles. The zero-order valence-corrected chi connectivity index (χ0v) is 19.0. The van der Waals surface area contributed by atoms with E-state index in [-0.39, 0.29) is 11.2 Å². The molecule has 0 unspecified atom stereocenters. The van der Waals surface area contributed by atoms with Crippen LogP contribution in [0.15, 0.2) is 41.3 Å². The fraction of sp³-hybridized carbons (Fsp3) is 0.455. The van der Waals surface area contributed by atoms with Crippen LogP contribution in [0.25, 0.3) is 0 Å². The summed E-state index contributed by atoms with van der Waals surface area (Å²) in [5.74, 6) is 2.85. The Labute approximate surface area is 178 Å². The summed E-state index contributed by atoms with van der Waals surface area (Å²) in [4.78, 5) is 1.10. The van der Waals surface area contributed by atoms with Crippen LogP contribution >= 0.6 is 11.8 Å². The van der Waals surface area contributed by atoms with Gasteiger partial charge in [0.05, 0.1) is 32.5 Å². The molecule has 0 atom stereocenters. The van der Waals surface area contributed by atoms with E-state index in [1.165, 1.54) is 0 Å². The monoisotopic (exact) mass is 416 g/mol. The predicted octanol–water partition coefficient (Wildman–Crippen LogP) is 4.30. The van der Waals surface area contributed by atoms with Crippen molar-refractivity contribution >= 4 is 24.3 Å². The molecule has 0 spiro atoms. The Balaban J connectivity index is 1.87. The Hall–Kier alpha value is -1.83. The van der Waals surface area contributed by atoms with Gasteiger partial charge in [-0.05, 0) is 39.2 Å². The van der Waals surface area contributed by atoms with Gasteiger partial charge in [-0.1, -0.05) is 18.2 Å².